The van der Waals surface area contributed by atoms with Crippen molar-refractivity contribution in [2.75, 3.05) is 10.7 Å². The molecule has 0 aromatic heterocycles. The van der Waals surface area contributed by atoms with E-state index in [0.717, 1.165) is 11.8 Å². The van der Waals surface area contributed by atoms with Crippen molar-refractivity contribution in [1.82, 2.24) is 5.32 Å². The minimum Gasteiger partial charge on any atom is -0.320 e. The molecule has 0 radical (unpaired) electrons. The highest BCUT2D eigenvalue weighted by Crippen LogP contribution is 2.37. The second-order valence-electron chi connectivity index (χ2n) is 7.70. The Balaban J connectivity index is 1.62. The number of non-ortho nitro benzene ring substituents is 1. The summed E-state index contributed by atoms with van der Waals surface area (Å²) >= 11 is 1.07. The molecule has 8 nitrogen and oxygen atoms in total. The Kier molecular flexibility index (Phi) is 7.24. The van der Waals surface area contributed by atoms with Crippen LogP contribution in [0.3, 0.4) is 0 Å². The predicted octanol–water partition coefficient (Wildman–Crippen LogP) is 5.03. The van der Waals surface area contributed by atoms with E-state index in [4.69, 9.17) is 0 Å². The second-order valence-corrected chi connectivity index (χ2v) is 8.69. The number of anilines is 2. The number of nitro benzene ring substituents is 1. The number of carbonyl (C=O) groups is 2. The van der Waals surface area contributed by atoms with E-state index in [1.165, 1.54) is 18.2 Å². The monoisotopic (exact) mass is 484 g/mol. The van der Waals surface area contributed by atoms with Gasteiger partial charge in [-0.1, -0.05) is 60.3 Å². The lowest BCUT2D eigenvalue weighted by molar-refractivity contribution is -0.384. The van der Waals surface area contributed by atoms with Crippen LogP contribution in [-0.4, -0.2) is 22.5 Å². The van der Waals surface area contributed by atoms with Crippen molar-refractivity contribution in [1.29, 1.82) is 5.26 Å². The Bertz CT molecular complexity index is 1300. The number of hydrogen-bond acceptors (Lipinski definition) is 6. The fraction of sp³-hybridized carbons (Fsp3) is 0.115. The normalized spacial score (nSPS) is 15.2. The van der Waals surface area contributed by atoms with Crippen LogP contribution in [0.4, 0.5) is 17.1 Å². The largest absolute Gasteiger partial charge is 0.320 e. The number of nitro groups is 1. The first-order valence-corrected chi connectivity index (χ1v) is 11.7. The molecule has 0 aliphatic carbocycles. The van der Waals surface area contributed by atoms with Crippen LogP contribution in [0.5, 0.6) is 0 Å². The zero-order valence-electron chi connectivity index (χ0n) is 18.5. The van der Waals surface area contributed by atoms with Gasteiger partial charge in [0.1, 0.15) is 0 Å². The van der Waals surface area contributed by atoms with Gasteiger partial charge < -0.3 is 5.32 Å². The summed E-state index contributed by atoms with van der Waals surface area (Å²) < 4.78 is 0. The highest BCUT2D eigenvalue weighted by Gasteiger charge is 2.31. The first-order valence-electron chi connectivity index (χ1n) is 10.7. The van der Waals surface area contributed by atoms with Gasteiger partial charge in [-0.25, -0.2) is 0 Å². The van der Waals surface area contributed by atoms with E-state index in [-0.39, 0.29) is 40.3 Å². The first kappa shape index (κ1) is 23.7. The van der Waals surface area contributed by atoms with Crippen LogP contribution in [0.2, 0.25) is 0 Å². The number of nitrogens with one attached hydrogen (secondary N) is 1. The quantitative estimate of drug-likeness (QED) is 0.371. The van der Waals surface area contributed by atoms with E-state index in [2.05, 4.69) is 11.4 Å². The Hall–Kier alpha value is -4.42. The van der Waals surface area contributed by atoms with Crippen molar-refractivity contribution in [3.8, 4) is 6.07 Å². The number of rotatable bonds is 7. The van der Waals surface area contributed by atoms with E-state index >= 15 is 0 Å². The Morgan fingerprint density at radius 1 is 1.06 bits per heavy atom. The zero-order valence-corrected chi connectivity index (χ0v) is 19.3. The van der Waals surface area contributed by atoms with Crippen LogP contribution in [-0.2, 0) is 9.59 Å². The predicted molar refractivity (Wildman–Crippen MR) is 134 cm³/mol. The average Bonchev–Trinajstić information content (AvgIpc) is 2.88. The Morgan fingerprint density at radius 2 is 1.69 bits per heavy atom. The second kappa shape index (κ2) is 10.7. The molecule has 0 fully saturated rings. The molecule has 0 saturated heterocycles. The smallest absolute Gasteiger partial charge is 0.269 e. The van der Waals surface area contributed by atoms with Gasteiger partial charge in [-0.2, -0.15) is 5.26 Å². The van der Waals surface area contributed by atoms with Crippen LogP contribution >= 0.6 is 11.8 Å². The summed E-state index contributed by atoms with van der Waals surface area (Å²) in [5.41, 5.74) is 2.05. The van der Waals surface area contributed by atoms with Gasteiger partial charge in [-0.05, 0) is 29.8 Å². The molecule has 1 heterocycles. The highest BCUT2D eigenvalue weighted by molar-refractivity contribution is 8.03. The van der Waals surface area contributed by atoms with Gasteiger partial charge >= 0.3 is 0 Å². The SMILES string of the molecule is N#CC1=C(SCC(=O)N(c2ccccc2)c2ccccc2)NC(=O)C[C@H]1c1cccc([N+](=O)[O-])c1. The van der Waals surface area contributed by atoms with Crippen LogP contribution in [0.15, 0.2) is 95.5 Å². The molecule has 174 valence electrons. The summed E-state index contributed by atoms with van der Waals surface area (Å²) in [5.74, 6) is -1.22. The molecule has 4 rings (SSSR count). The summed E-state index contributed by atoms with van der Waals surface area (Å²) in [4.78, 5) is 38.1. The molecule has 0 bridgehead atoms. The molecule has 2 amide bonds. The number of amides is 2. The van der Waals surface area contributed by atoms with Crippen LogP contribution in [0.1, 0.15) is 17.9 Å². The van der Waals surface area contributed by atoms with Crippen LogP contribution < -0.4 is 10.2 Å². The Morgan fingerprint density at radius 3 is 2.26 bits per heavy atom. The minimum absolute atomic E-state index is 0.0117. The molecule has 35 heavy (non-hydrogen) atoms. The molecule has 9 heteroatoms. The van der Waals surface area contributed by atoms with Crippen LogP contribution in [0.25, 0.3) is 0 Å². The summed E-state index contributed by atoms with van der Waals surface area (Å²) in [6.07, 6.45) is -0.0117. The highest BCUT2D eigenvalue weighted by atomic mass is 32.2. The third kappa shape index (κ3) is 5.39. The number of allylic oxidation sites excluding steroid dienone is 1. The zero-order chi connectivity index (χ0) is 24.8. The maximum atomic E-state index is 13.3. The molecule has 0 saturated carbocycles. The molecule has 0 spiro atoms. The lowest BCUT2D eigenvalue weighted by Gasteiger charge is -2.26. The van der Waals surface area contributed by atoms with Gasteiger partial charge in [0.25, 0.3) is 5.69 Å². The van der Waals surface area contributed by atoms with E-state index in [9.17, 15) is 25.0 Å². The maximum absolute atomic E-state index is 13.3. The van der Waals surface area contributed by atoms with Crippen molar-refractivity contribution in [3.63, 3.8) is 0 Å². The number of para-hydroxylation sites is 2. The molecule has 3 aromatic rings. The summed E-state index contributed by atoms with van der Waals surface area (Å²) in [6, 6.07) is 26.5. The van der Waals surface area contributed by atoms with Crippen molar-refractivity contribution in [2.45, 2.75) is 12.3 Å². The lowest BCUT2D eigenvalue weighted by atomic mass is 9.87. The molecule has 1 N–H and O–H groups in total. The third-order valence-electron chi connectivity index (χ3n) is 5.46. The topological polar surface area (TPSA) is 116 Å². The molecule has 1 aliphatic heterocycles. The molecule has 3 aromatic carbocycles. The molecule has 1 atom stereocenters. The summed E-state index contributed by atoms with van der Waals surface area (Å²) in [5, 5.41) is 24.1. The third-order valence-corrected chi connectivity index (χ3v) is 6.46. The lowest BCUT2D eigenvalue weighted by Crippen LogP contribution is -2.32. The van der Waals surface area contributed by atoms with Crippen molar-refractivity contribution >= 4 is 40.6 Å². The van der Waals surface area contributed by atoms with Gasteiger partial charge in [-0.15, -0.1) is 0 Å². The van der Waals surface area contributed by atoms with E-state index in [0.29, 0.717) is 16.9 Å². The molecular formula is C26H20N4O4S. The Labute approximate surface area is 206 Å². The fourth-order valence-corrected chi connectivity index (χ4v) is 4.79. The van der Waals surface area contributed by atoms with E-state index in [1.54, 1.807) is 11.0 Å². The minimum atomic E-state index is -0.634. The van der Waals surface area contributed by atoms with Gasteiger partial charge in [0, 0.05) is 35.8 Å². The first-order chi connectivity index (χ1) is 17.0. The van der Waals surface area contributed by atoms with Crippen molar-refractivity contribution in [2.24, 2.45) is 0 Å². The van der Waals surface area contributed by atoms with Gasteiger partial charge in [-0.3, -0.25) is 24.6 Å². The van der Waals surface area contributed by atoms with Crippen molar-refractivity contribution < 1.29 is 14.5 Å². The van der Waals surface area contributed by atoms with Gasteiger partial charge in [0.2, 0.25) is 11.8 Å². The van der Waals surface area contributed by atoms with Gasteiger partial charge in [0.05, 0.1) is 27.3 Å². The molecule has 0 unspecified atom stereocenters. The van der Waals surface area contributed by atoms with E-state index < -0.39 is 10.8 Å². The fourth-order valence-electron chi connectivity index (χ4n) is 3.86. The number of hydrogen-bond donors (Lipinski definition) is 1. The average molecular weight is 485 g/mol. The van der Waals surface area contributed by atoms with E-state index in [1.807, 2.05) is 60.7 Å². The number of thioether (sulfide) groups is 1. The summed E-state index contributed by atoms with van der Waals surface area (Å²) in [6.45, 7) is 0. The maximum Gasteiger partial charge on any atom is 0.269 e. The van der Waals surface area contributed by atoms with Crippen LogP contribution in [0, 0.1) is 21.4 Å². The number of benzene rings is 3. The number of nitrogens with zero attached hydrogens (tertiary/aromatic N) is 3. The molecule has 1 aliphatic rings. The standard InChI is InChI=1S/C26H20N4O4S/c27-16-23-22(18-8-7-13-21(14-18)30(33)34)15-24(31)28-26(23)35-17-25(32)29(19-9-3-1-4-10-19)20-11-5-2-6-12-20/h1-14,22H,15,17H2,(H,28,31)/t22-/m0/s1. The number of nitriles is 1. The van der Waals surface area contributed by atoms with Gasteiger partial charge in [0.15, 0.2) is 0 Å². The number of carbonyl (C=O) groups excluding carboxylic acids is 2. The summed E-state index contributed by atoms with van der Waals surface area (Å²) in [7, 11) is 0. The van der Waals surface area contributed by atoms with Crippen molar-refractivity contribution in [3.05, 3.63) is 111 Å². The molecular weight excluding hydrogens is 464 g/mol.